The number of aliphatic hydroxyl groups excluding tert-OH is 1. The van der Waals surface area contributed by atoms with E-state index < -0.39 is 6.10 Å². The van der Waals surface area contributed by atoms with Gasteiger partial charge >= 0.3 is 0 Å². The van der Waals surface area contributed by atoms with Crippen LogP contribution < -0.4 is 0 Å². The SMILES string of the molecule is CCCCCCCCC=CCCCCCCCC(O)c1nc2c(C)cccc2o1. The lowest BCUT2D eigenvalue weighted by Crippen LogP contribution is -1.97. The largest absolute Gasteiger partial charge is 0.438 e. The Labute approximate surface area is 177 Å². The van der Waals surface area contributed by atoms with Gasteiger partial charge in [0.05, 0.1) is 0 Å². The summed E-state index contributed by atoms with van der Waals surface area (Å²) in [4.78, 5) is 4.48. The summed E-state index contributed by atoms with van der Waals surface area (Å²) < 4.78 is 5.72. The first-order valence-corrected chi connectivity index (χ1v) is 11.9. The van der Waals surface area contributed by atoms with Crippen LogP contribution >= 0.6 is 0 Å². The molecule has 1 unspecified atom stereocenters. The van der Waals surface area contributed by atoms with Crippen LogP contribution in [0, 0.1) is 6.92 Å². The molecule has 29 heavy (non-hydrogen) atoms. The molecule has 1 N–H and O–H groups in total. The molecule has 0 radical (unpaired) electrons. The first kappa shape index (κ1) is 23.7. The van der Waals surface area contributed by atoms with Crippen LogP contribution in [-0.4, -0.2) is 10.1 Å². The van der Waals surface area contributed by atoms with Crippen molar-refractivity contribution >= 4 is 11.1 Å². The van der Waals surface area contributed by atoms with Crippen LogP contribution in [0.5, 0.6) is 0 Å². The lowest BCUT2D eigenvalue weighted by molar-refractivity contribution is 0.133. The number of aliphatic hydroxyl groups is 1. The van der Waals surface area contributed by atoms with E-state index in [2.05, 4.69) is 24.1 Å². The van der Waals surface area contributed by atoms with Crippen LogP contribution in [0.4, 0.5) is 0 Å². The topological polar surface area (TPSA) is 46.3 Å². The Balaban J connectivity index is 1.45. The summed E-state index contributed by atoms with van der Waals surface area (Å²) in [7, 11) is 0. The number of oxazole rings is 1. The summed E-state index contributed by atoms with van der Waals surface area (Å²) in [6.45, 7) is 4.29. The highest BCUT2D eigenvalue weighted by Crippen LogP contribution is 2.25. The summed E-state index contributed by atoms with van der Waals surface area (Å²) >= 11 is 0. The van der Waals surface area contributed by atoms with Crippen molar-refractivity contribution in [3.8, 4) is 0 Å². The molecule has 1 aromatic heterocycles. The summed E-state index contributed by atoms with van der Waals surface area (Å²) in [5.41, 5.74) is 2.72. The lowest BCUT2D eigenvalue weighted by atomic mass is 10.1. The molecule has 1 heterocycles. The second-order valence-corrected chi connectivity index (χ2v) is 8.36. The van der Waals surface area contributed by atoms with E-state index in [1.807, 2.05) is 25.1 Å². The molecule has 3 heteroatoms. The van der Waals surface area contributed by atoms with E-state index in [0.29, 0.717) is 5.89 Å². The average molecular weight is 400 g/mol. The first-order valence-electron chi connectivity index (χ1n) is 11.9. The van der Waals surface area contributed by atoms with Gasteiger partial charge in [0.25, 0.3) is 0 Å². The van der Waals surface area contributed by atoms with E-state index in [1.165, 1.54) is 70.6 Å². The normalized spacial score (nSPS) is 12.9. The zero-order chi connectivity index (χ0) is 20.7. The van der Waals surface area contributed by atoms with Gasteiger partial charge in [-0.1, -0.05) is 89.0 Å². The minimum atomic E-state index is -0.591. The third kappa shape index (κ3) is 9.16. The van der Waals surface area contributed by atoms with Gasteiger partial charge in [-0.3, -0.25) is 0 Å². The molecule has 0 aliphatic carbocycles. The van der Waals surface area contributed by atoms with Crippen LogP contribution in [0.3, 0.4) is 0 Å². The maximum absolute atomic E-state index is 10.4. The van der Waals surface area contributed by atoms with E-state index >= 15 is 0 Å². The third-order valence-corrected chi connectivity index (χ3v) is 5.66. The number of unbranched alkanes of at least 4 members (excludes halogenated alkanes) is 11. The second-order valence-electron chi connectivity index (χ2n) is 8.36. The van der Waals surface area contributed by atoms with Crippen molar-refractivity contribution in [3.05, 3.63) is 41.8 Å². The minimum Gasteiger partial charge on any atom is -0.438 e. The van der Waals surface area contributed by atoms with Crippen LogP contribution in [0.25, 0.3) is 11.1 Å². The second kappa shape index (κ2) is 14.4. The molecule has 162 valence electrons. The van der Waals surface area contributed by atoms with Crippen LogP contribution in [-0.2, 0) is 0 Å². The van der Waals surface area contributed by atoms with E-state index in [4.69, 9.17) is 4.42 Å². The van der Waals surface area contributed by atoms with Gasteiger partial charge in [0, 0.05) is 0 Å². The molecule has 0 aliphatic heterocycles. The van der Waals surface area contributed by atoms with Gasteiger partial charge < -0.3 is 9.52 Å². The molecule has 1 aromatic carbocycles. The number of hydrogen-bond donors (Lipinski definition) is 1. The van der Waals surface area contributed by atoms with Crippen molar-refractivity contribution in [1.29, 1.82) is 0 Å². The maximum atomic E-state index is 10.4. The minimum absolute atomic E-state index is 0.463. The first-order chi connectivity index (χ1) is 14.2. The zero-order valence-electron chi connectivity index (χ0n) is 18.7. The number of hydrogen-bond acceptors (Lipinski definition) is 3. The Morgan fingerprint density at radius 2 is 1.52 bits per heavy atom. The van der Waals surface area contributed by atoms with E-state index in [9.17, 15) is 5.11 Å². The summed E-state index contributed by atoms with van der Waals surface area (Å²) in [5.74, 6) is 0.463. The van der Waals surface area contributed by atoms with Gasteiger partial charge in [0.1, 0.15) is 11.6 Å². The Bertz CT molecular complexity index is 704. The number of benzene rings is 1. The molecule has 0 spiro atoms. The van der Waals surface area contributed by atoms with Gasteiger partial charge in [-0.15, -0.1) is 0 Å². The number of aromatic nitrogens is 1. The molecule has 0 fully saturated rings. The number of allylic oxidation sites excluding steroid dienone is 2. The highest BCUT2D eigenvalue weighted by molar-refractivity contribution is 5.76. The summed E-state index contributed by atoms with van der Waals surface area (Å²) in [6, 6.07) is 5.89. The monoisotopic (exact) mass is 399 g/mol. The quantitative estimate of drug-likeness (QED) is 0.228. The number of rotatable bonds is 16. The highest BCUT2D eigenvalue weighted by atomic mass is 16.4. The predicted octanol–water partition coefficient (Wildman–Crippen LogP) is 8.21. The smallest absolute Gasteiger partial charge is 0.224 e. The van der Waals surface area contributed by atoms with Crippen molar-refractivity contribution in [2.24, 2.45) is 0 Å². The molecular formula is C26H41NO2. The van der Waals surface area contributed by atoms with Crippen LogP contribution in [0.15, 0.2) is 34.8 Å². The van der Waals surface area contributed by atoms with E-state index in [-0.39, 0.29) is 0 Å². The van der Waals surface area contributed by atoms with Crippen molar-refractivity contribution in [3.63, 3.8) is 0 Å². The van der Waals surface area contributed by atoms with Gasteiger partial charge in [-0.2, -0.15) is 0 Å². The number of nitrogens with zero attached hydrogens (tertiary/aromatic N) is 1. The number of aryl methyl sites for hydroxylation is 1. The van der Waals surface area contributed by atoms with Crippen molar-refractivity contribution in [2.75, 3.05) is 0 Å². The molecule has 3 nitrogen and oxygen atoms in total. The molecule has 1 atom stereocenters. The predicted molar refractivity (Wildman–Crippen MR) is 123 cm³/mol. The number of fused-ring (bicyclic) bond motifs is 1. The fourth-order valence-corrected chi connectivity index (χ4v) is 3.78. The molecule has 2 rings (SSSR count). The zero-order valence-corrected chi connectivity index (χ0v) is 18.7. The van der Waals surface area contributed by atoms with Crippen molar-refractivity contribution in [2.45, 2.75) is 110 Å². The Hall–Kier alpha value is -1.61. The molecule has 0 saturated heterocycles. The summed E-state index contributed by atoms with van der Waals surface area (Å²) in [6.07, 6.45) is 21.6. The van der Waals surface area contributed by atoms with E-state index in [1.54, 1.807) is 0 Å². The van der Waals surface area contributed by atoms with Gasteiger partial charge in [-0.05, 0) is 50.7 Å². The van der Waals surface area contributed by atoms with Gasteiger partial charge in [0.2, 0.25) is 5.89 Å². The van der Waals surface area contributed by atoms with Gasteiger partial charge in [0.15, 0.2) is 5.58 Å². The molecular weight excluding hydrogens is 358 g/mol. The van der Waals surface area contributed by atoms with Gasteiger partial charge in [-0.25, -0.2) is 4.98 Å². The van der Waals surface area contributed by atoms with Crippen molar-refractivity contribution in [1.82, 2.24) is 4.98 Å². The molecule has 0 bridgehead atoms. The maximum Gasteiger partial charge on any atom is 0.224 e. The van der Waals surface area contributed by atoms with E-state index in [0.717, 1.165) is 35.9 Å². The van der Waals surface area contributed by atoms with Crippen LogP contribution in [0.2, 0.25) is 0 Å². The Morgan fingerprint density at radius 1 is 0.897 bits per heavy atom. The molecule has 2 aromatic rings. The van der Waals surface area contributed by atoms with Crippen LogP contribution in [0.1, 0.15) is 114 Å². The Kier molecular flexibility index (Phi) is 11.7. The fraction of sp³-hybridized carbons (Fsp3) is 0.654. The average Bonchev–Trinajstić information content (AvgIpc) is 3.17. The third-order valence-electron chi connectivity index (χ3n) is 5.66. The fourth-order valence-electron chi connectivity index (χ4n) is 3.78. The van der Waals surface area contributed by atoms with Crippen molar-refractivity contribution < 1.29 is 9.52 Å². The highest BCUT2D eigenvalue weighted by Gasteiger charge is 2.15. The molecule has 0 aliphatic rings. The lowest BCUT2D eigenvalue weighted by Gasteiger charge is -2.06. The standard InChI is InChI=1S/C26H41NO2/c1-3-4-5-6-7-8-9-10-11-12-13-14-15-16-17-20-23(28)26-27-25-22(2)19-18-21-24(25)29-26/h10-11,18-19,21,23,28H,3-9,12-17,20H2,1-2H3. The molecule has 0 amide bonds. The summed E-state index contributed by atoms with van der Waals surface area (Å²) in [5, 5.41) is 10.4. The molecule has 0 saturated carbocycles. The number of para-hydroxylation sites is 1. The Morgan fingerprint density at radius 3 is 2.17 bits per heavy atom.